The highest BCUT2D eigenvalue weighted by Gasteiger charge is 2.31. The molecule has 3 heteroatoms. The van der Waals surface area contributed by atoms with Gasteiger partial charge < -0.3 is 15.0 Å². The summed E-state index contributed by atoms with van der Waals surface area (Å²) in [6.45, 7) is 3.34. The van der Waals surface area contributed by atoms with Gasteiger partial charge in [-0.15, -0.1) is 0 Å². The van der Waals surface area contributed by atoms with E-state index in [9.17, 15) is 0 Å². The number of benzene rings is 2. The maximum Gasteiger partial charge on any atom is 0.118 e. The first-order valence-electron chi connectivity index (χ1n) is 10.0. The molecule has 2 aromatic carbocycles. The summed E-state index contributed by atoms with van der Waals surface area (Å²) in [5, 5.41) is 3.80. The molecule has 1 aliphatic heterocycles. The third-order valence-corrected chi connectivity index (χ3v) is 5.75. The van der Waals surface area contributed by atoms with Gasteiger partial charge in [0.05, 0.1) is 7.11 Å². The second-order valence-electron chi connectivity index (χ2n) is 7.68. The van der Waals surface area contributed by atoms with E-state index >= 15 is 0 Å². The Kier molecular flexibility index (Phi) is 5.45. The Morgan fingerprint density at radius 3 is 2.27 bits per heavy atom. The molecule has 0 bridgehead atoms. The van der Waals surface area contributed by atoms with Gasteiger partial charge in [-0.2, -0.15) is 0 Å². The number of hydrogen-bond acceptors (Lipinski definition) is 3. The van der Waals surface area contributed by atoms with Gasteiger partial charge in [-0.3, -0.25) is 0 Å². The summed E-state index contributed by atoms with van der Waals surface area (Å²) in [6, 6.07) is 18.2. The van der Waals surface area contributed by atoms with Crippen molar-refractivity contribution in [2.24, 2.45) is 5.92 Å². The zero-order valence-corrected chi connectivity index (χ0v) is 15.8. The normalized spacial score (nSPS) is 18.6. The molecule has 0 amide bonds. The van der Waals surface area contributed by atoms with E-state index in [0.717, 1.165) is 18.2 Å². The summed E-state index contributed by atoms with van der Waals surface area (Å²) in [6.07, 6.45) is 6.70. The van der Waals surface area contributed by atoms with Crippen LogP contribution in [0.15, 0.2) is 48.5 Å². The van der Waals surface area contributed by atoms with E-state index in [1.54, 1.807) is 7.11 Å². The Labute approximate surface area is 157 Å². The molecule has 1 heterocycles. The van der Waals surface area contributed by atoms with Crippen LogP contribution in [-0.4, -0.2) is 20.2 Å². The monoisotopic (exact) mass is 350 g/mol. The molecule has 1 saturated carbocycles. The molecule has 138 valence electrons. The molecule has 1 aliphatic carbocycles. The minimum absolute atomic E-state index is 0.447. The lowest BCUT2D eigenvalue weighted by atomic mass is 10.0. The highest BCUT2D eigenvalue weighted by molar-refractivity contribution is 5.48. The standard InChI is InChI=1S/C23H30N2O/c1-26-22-13-9-20(10-14-22)23(19-7-8-19)24-17-18-5-11-21(12-6-18)25-15-3-2-4-16-25/h5-6,9-14,19,23-24H,2-4,7-8,15-17H2,1H3. The fourth-order valence-corrected chi connectivity index (χ4v) is 4.00. The van der Waals surface area contributed by atoms with Crippen LogP contribution in [0.25, 0.3) is 0 Å². The van der Waals surface area contributed by atoms with Crippen LogP contribution in [0.5, 0.6) is 5.75 Å². The molecule has 4 rings (SSSR count). The van der Waals surface area contributed by atoms with Crippen molar-refractivity contribution in [3.05, 3.63) is 59.7 Å². The number of piperidine rings is 1. The average molecular weight is 351 g/mol. The van der Waals surface area contributed by atoms with Gasteiger partial charge in [0.25, 0.3) is 0 Å². The van der Waals surface area contributed by atoms with Crippen LogP contribution in [0.3, 0.4) is 0 Å². The lowest BCUT2D eigenvalue weighted by molar-refractivity contribution is 0.413. The van der Waals surface area contributed by atoms with Crippen LogP contribution >= 0.6 is 0 Å². The topological polar surface area (TPSA) is 24.5 Å². The summed E-state index contributed by atoms with van der Waals surface area (Å²) >= 11 is 0. The van der Waals surface area contributed by atoms with Crippen LogP contribution < -0.4 is 15.0 Å². The average Bonchev–Trinajstić information content (AvgIpc) is 3.55. The Hall–Kier alpha value is -2.00. The van der Waals surface area contributed by atoms with E-state index in [2.05, 4.69) is 58.7 Å². The SMILES string of the molecule is COc1ccc(C(NCc2ccc(N3CCCCC3)cc2)C2CC2)cc1. The lowest BCUT2D eigenvalue weighted by Crippen LogP contribution is -2.29. The van der Waals surface area contributed by atoms with Crippen molar-refractivity contribution in [2.75, 3.05) is 25.1 Å². The van der Waals surface area contributed by atoms with Gasteiger partial charge in [-0.05, 0) is 73.4 Å². The fourth-order valence-electron chi connectivity index (χ4n) is 4.00. The Bertz CT molecular complexity index is 685. The first-order chi connectivity index (χ1) is 12.8. The molecule has 3 nitrogen and oxygen atoms in total. The van der Waals surface area contributed by atoms with E-state index in [0.29, 0.717) is 6.04 Å². The van der Waals surface area contributed by atoms with Crippen LogP contribution in [0.1, 0.15) is 49.3 Å². The van der Waals surface area contributed by atoms with Crippen molar-refractivity contribution in [2.45, 2.75) is 44.7 Å². The molecule has 0 radical (unpaired) electrons. The maximum atomic E-state index is 5.29. The minimum atomic E-state index is 0.447. The predicted molar refractivity (Wildman–Crippen MR) is 108 cm³/mol. The summed E-state index contributed by atoms with van der Waals surface area (Å²) in [4.78, 5) is 2.52. The van der Waals surface area contributed by atoms with Crippen molar-refractivity contribution in [1.29, 1.82) is 0 Å². The smallest absolute Gasteiger partial charge is 0.118 e. The maximum absolute atomic E-state index is 5.29. The molecular weight excluding hydrogens is 320 g/mol. The van der Waals surface area contributed by atoms with Crippen LogP contribution in [0.2, 0.25) is 0 Å². The molecule has 1 atom stereocenters. The second kappa shape index (κ2) is 8.13. The van der Waals surface area contributed by atoms with Gasteiger partial charge in [-0.25, -0.2) is 0 Å². The lowest BCUT2D eigenvalue weighted by Gasteiger charge is -2.29. The zero-order valence-electron chi connectivity index (χ0n) is 15.8. The largest absolute Gasteiger partial charge is 0.497 e. The third kappa shape index (κ3) is 4.21. The molecular formula is C23H30N2O. The van der Waals surface area contributed by atoms with E-state index < -0.39 is 0 Å². The summed E-state index contributed by atoms with van der Waals surface area (Å²) in [5.74, 6) is 1.70. The number of anilines is 1. The number of nitrogens with zero attached hydrogens (tertiary/aromatic N) is 1. The Morgan fingerprint density at radius 1 is 0.962 bits per heavy atom. The molecule has 1 unspecified atom stereocenters. The number of nitrogens with one attached hydrogen (secondary N) is 1. The van der Waals surface area contributed by atoms with E-state index in [4.69, 9.17) is 4.74 Å². The van der Waals surface area contributed by atoms with Gasteiger partial charge in [0.1, 0.15) is 5.75 Å². The molecule has 0 spiro atoms. The Balaban J connectivity index is 1.38. The van der Waals surface area contributed by atoms with Gasteiger partial charge in [0, 0.05) is 31.4 Å². The zero-order chi connectivity index (χ0) is 17.8. The predicted octanol–water partition coefficient (Wildman–Crippen LogP) is 4.93. The van der Waals surface area contributed by atoms with Crippen LogP contribution in [0.4, 0.5) is 5.69 Å². The van der Waals surface area contributed by atoms with E-state index in [-0.39, 0.29) is 0 Å². The van der Waals surface area contributed by atoms with E-state index in [1.807, 2.05) is 0 Å². The van der Waals surface area contributed by atoms with Crippen molar-refractivity contribution < 1.29 is 4.74 Å². The van der Waals surface area contributed by atoms with Crippen LogP contribution in [0, 0.1) is 5.92 Å². The molecule has 1 N–H and O–H groups in total. The molecule has 26 heavy (non-hydrogen) atoms. The molecule has 2 fully saturated rings. The summed E-state index contributed by atoms with van der Waals surface area (Å²) in [5.41, 5.74) is 4.12. The summed E-state index contributed by atoms with van der Waals surface area (Å²) in [7, 11) is 1.72. The number of rotatable bonds is 7. The van der Waals surface area contributed by atoms with Crippen molar-refractivity contribution in [1.82, 2.24) is 5.32 Å². The van der Waals surface area contributed by atoms with Crippen molar-refractivity contribution >= 4 is 5.69 Å². The van der Waals surface area contributed by atoms with Crippen LogP contribution in [-0.2, 0) is 6.54 Å². The highest BCUT2D eigenvalue weighted by Crippen LogP contribution is 2.41. The quantitative estimate of drug-likeness (QED) is 0.766. The molecule has 2 aliphatic rings. The van der Waals surface area contributed by atoms with Gasteiger partial charge in [0.15, 0.2) is 0 Å². The number of ether oxygens (including phenoxy) is 1. The fraction of sp³-hybridized carbons (Fsp3) is 0.478. The van der Waals surface area contributed by atoms with Gasteiger partial charge >= 0.3 is 0 Å². The second-order valence-corrected chi connectivity index (χ2v) is 7.68. The third-order valence-electron chi connectivity index (χ3n) is 5.75. The Morgan fingerprint density at radius 2 is 1.65 bits per heavy atom. The van der Waals surface area contributed by atoms with Gasteiger partial charge in [0.2, 0.25) is 0 Å². The van der Waals surface area contributed by atoms with Crippen molar-refractivity contribution in [3.8, 4) is 5.75 Å². The van der Waals surface area contributed by atoms with Gasteiger partial charge in [-0.1, -0.05) is 24.3 Å². The molecule has 0 aromatic heterocycles. The van der Waals surface area contributed by atoms with E-state index in [1.165, 1.54) is 62.0 Å². The minimum Gasteiger partial charge on any atom is -0.497 e. The first kappa shape index (κ1) is 17.4. The molecule has 1 saturated heterocycles. The number of hydrogen-bond donors (Lipinski definition) is 1. The summed E-state index contributed by atoms with van der Waals surface area (Å²) < 4.78 is 5.29. The van der Waals surface area contributed by atoms with Crippen molar-refractivity contribution in [3.63, 3.8) is 0 Å². The number of methoxy groups -OCH3 is 1. The highest BCUT2D eigenvalue weighted by atomic mass is 16.5. The first-order valence-corrected chi connectivity index (χ1v) is 10.0. The molecule has 2 aromatic rings.